The van der Waals surface area contributed by atoms with Crippen molar-refractivity contribution in [3.05, 3.63) is 29.6 Å². The molecule has 0 heterocycles. The predicted octanol–water partition coefficient (Wildman–Crippen LogP) is 1.45. The van der Waals surface area contributed by atoms with Crippen molar-refractivity contribution in [1.29, 1.82) is 0 Å². The first-order valence-electron chi connectivity index (χ1n) is 4.17. The van der Waals surface area contributed by atoms with Gasteiger partial charge in [0.25, 0.3) is 0 Å². The molecule has 0 fully saturated rings. The highest BCUT2D eigenvalue weighted by Crippen LogP contribution is 2.15. The van der Waals surface area contributed by atoms with Gasteiger partial charge in [0, 0.05) is 5.56 Å². The number of rotatable bonds is 1. The molecule has 0 aromatic heterocycles. The van der Waals surface area contributed by atoms with Crippen LogP contribution >= 0.6 is 0 Å². The minimum Gasteiger partial charge on any atom is -0.505 e. The zero-order valence-corrected chi connectivity index (χ0v) is 8.08. The van der Waals surface area contributed by atoms with Crippen LogP contribution < -0.4 is 0 Å². The molecule has 0 aliphatic carbocycles. The Morgan fingerprint density at radius 1 is 1.60 bits per heavy atom. The lowest BCUT2D eigenvalue weighted by molar-refractivity contribution is -0.139. The quantitative estimate of drug-likeness (QED) is 0.561. The predicted molar refractivity (Wildman–Crippen MR) is 51.6 cm³/mol. The number of methoxy groups -OCH3 is 1. The highest BCUT2D eigenvalue weighted by atomic mass is 19.1. The van der Waals surface area contributed by atoms with Gasteiger partial charge in [-0.3, -0.25) is 4.79 Å². The topological polar surface area (TPSA) is 46.5 Å². The Morgan fingerprint density at radius 2 is 2.33 bits per heavy atom. The van der Waals surface area contributed by atoms with E-state index in [1.165, 1.54) is 19.2 Å². The number of carbonyl (C=O) groups excluding carboxylic acids is 1. The summed E-state index contributed by atoms with van der Waals surface area (Å²) in [7, 11) is 1.27. The van der Waals surface area contributed by atoms with Gasteiger partial charge in [-0.05, 0) is 18.2 Å². The van der Waals surface area contributed by atoms with E-state index in [0.717, 1.165) is 6.07 Å². The fraction of sp³-hybridized carbons (Fsp3) is 0.182. The van der Waals surface area contributed by atoms with Crippen molar-refractivity contribution in [1.82, 2.24) is 0 Å². The summed E-state index contributed by atoms with van der Waals surface area (Å²) in [5.41, 5.74) is 0.442. The van der Waals surface area contributed by atoms with E-state index in [9.17, 15) is 9.18 Å². The van der Waals surface area contributed by atoms with E-state index in [1.54, 1.807) is 0 Å². The lowest BCUT2D eigenvalue weighted by Crippen LogP contribution is -1.96. The van der Waals surface area contributed by atoms with Gasteiger partial charge in [-0.2, -0.15) is 0 Å². The summed E-state index contributed by atoms with van der Waals surface area (Å²) in [5.74, 6) is 3.55. The van der Waals surface area contributed by atoms with Crippen LogP contribution in [0.5, 0.6) is 5.75 Å². The Hall–Kier alpha value is -2.02. The molecule has 0 unspecified atom stereocenters. The van der Waals surface area contributed by atoms with Crippen LogP contribution in [0.1, 0.15) is 12.0 Å². The average Bonchev–Trinajstić information content (AvgIpc) is 2.23. The van der Waals surface area contributed by atoms with Gasteiger partial charge >= 0.3 is 5.97 Å². The summed E-state index contributed by atoms with van der Waals surface area (Å²) < 4.78 is 17.0. The van der Waals surface area contributed by atoms with Crippen LogP contribution in [0, 0.1) is 17.7 Å². The zero-order chi connectivity index (χ0) is 11.3. The molecular weight excluding hydrogens is 199 g/mol. The standard InChI is InChI=1S/C11H9FO3/c1-15-11(14)4-2-3-8-5-6-9(12)10(13)7-8/h5-7,13H,4H2,1H3. The van der Waals surface area contributed by atoms with Crippen molar-refractivity contribution in [3.63, 3.8) is 0 Å². The number of esters is 1. The van der Waals surface area contributed by atoms with E-state index in [-0.39, 0.29) is 6.42 Å². The van der Waals surface area contributed by atoms with Gasteiger partial charge in [0.15, 0.2) is 11.6 Å². The SMILES string of the molecule is COC(=O)CC#Cc1ccc(F)c(O)c1. The van der Waals surface area contributed by atoms with Gasteiger partial charge < -0.3 is 9.84 Å². The van der Waals surface area contributed by atoms with Crippen LogP contribution in [-0.2, 0) is 9.53 Å². The molecule has 0 radical (unpaired) electrons. The second-order valence-corrected chi connectivity index (χ2v) is 2.72. The van der Waals surface area contributed by atoms with Crippen molar-refractivity contribution in [2.75, 3.05) is 7.11 Å². The van der Waals surface area contributed by atoms with Crippen molar-refractivity contribution in [2.45, 2.75) is 6.42 Å². The number of phenolic OH excluding ortho intramolecular Hbond substituents is 1. The number of hydrogen-bond donors (Lipinski definition) is 1. The van der Waals surface area contributed by atoms with Gasteiger partial charge in [-0.25, -0.2) is 4.39 Å². The fourth-order valence-corrected chi connectivity index (χ4v) is 0.881. The zero-order valence-electron chi connectivity index (χ0n) is 8.08. The van der Waals surface area contributed by atoms with E-state index in [1.807, 2.05) is 0 Å². The third kappa shape index (κ3) is 3.31. The maximum Gasteiger partial charge on any atom is 0.317 e. The molecule has 0 atom stereocenters. The number of carbonyl (C=O) groups is 1. The number of ether oxygens (including phenoxy) is 1. The summed E-state index contributed by atoms with van der Waals surface area (Å²) >= 11 is 0. The van der Waals surface area contributed by atoms with Crippen molar-refractivity contribution < 1.29 is 19.0 Å². The molecule has 0 bridgehead atoms. The highest BCUT2D eigenvalue weighted by molar-refractivity contribution is 5.72. The van der Waals surface area contributed by atoms with E-state index >= 15 is 0 Å². The van der Waals surface area contributed by atoms with Gasteiger partial charge in [-0.15, -0.1) is 0 Å². The fourth-order valence-electron chi connectivity index (χ4n) is 0.881. The first-order chi connectivity index (χ1) is 7.13. The van der Waals surface area contributed by atoms with Crippen LogP contribution in [0.3, 0.4) is 0 Å². The molecule has 78 valence electrons. The van der Waals surface area contributed by atoms with Crippen LogP contribution in [0.25, 0.3) is 0 Å². The third-order valence-electron chi connectivity index (χ3n) is 1.64. The number of hydrogen-bond acceptors (Lipinski definition) is 3. The summed E-state index contributed by atoms with van der Waals surface area (Å²) in [5, 5.41) is 9.02. The smallest absolute Gasteiger partial charge is 0.317 e. The van der Waals surface area contributed by atoms with E-state index in [4.69, 9.17) is 5.11 Å². The molecule has 3 nitrogen and oxygen atoms in total. The minimum absolute atomic E-state index is 0.0331. The van der Waals surface area contributed by atoms with Crippen molar-refractivity contribution in [2.24, 2.45) is 0 Å². The van der Waals surface area contributed by atoms with Gasteiger partial charge in [0.1, 0.15) is 6.42 Å². The Bertz CT molecular complexity index is 429. The van der Waals surface area contributed by atoms with E-state index < -0.39 is 17.5 Å². The van der Waals surface area contributed by atoms with Crippen LogP contribution in [0.15, 0.2) is 18.2 Å². The largest absolute Gasteiger partial charge is 0.505 e. The summed E-state index contributed by atoms with van der Waals surface area (Å²) in [6.07, 6.45) is -0.0331. The number of phenols is 1. The Kier molecular flexibility index (Phi) is 3.69. The third-order valence-corrected chi connectivity index (χ3v) is 1.64. The molecule has 0 amide bonds. The monoisotopic (exact) mass is 208 g/mol. The molecular formula is C11H9FO3. The molecule has 1 aromatic carbocycles. The molecule has 1 aromatic rings. The average molecular weight is 208 g/mol. The van der Waals surface area contributed by atoms with Gasteiger partial charge in [0.05, 0.1) is 7.11 Å². The molecule has 0 aliphatic heterocycles. The number of benzene rings is 1. The molecule has 0 saturated carbocycles. The van der Waals surface area contributed by atoms with Crippen molar-refractivity contribution in [3.8, 4) is 17.6 Å². The maximum absolute atomic E-state index is 12.6. The molecule has 1 rings (SSSR count). The molecule has 1 N–H and O–H groups in total. The van der Waals surface area contributed by atoms with E-state index in [0.29, 0.717) is 5.56 Å². The van der Waals surface area contributed by atoms with Gasteiger partial charge in [-0.1, -0.05) is 11.8 Å². The molecule has 4 heteroatoms. The lowest BCUT2D eigenvalue weighted by atomic mass is 10.2. The van der Waals surface area contributed by atoms with Gasteiger partial charge in [0.2, 0.25) is 0 Å². The first-order valence-corrected chi connectivity index (χ1v) is 4.17. The van der Waals surface area contributed by atoms with Crippen LogP contribution in [0.2, 0.25) is 0 Å². The molecule has 15 heavy (non-hydrogen) atoms. The molecule has 0 aliphatic rings. The Labute approximate surface area is 86.5 Å². The number of aromatic hydroxyl groups is 1. The second kappa shape index (κ2) is 5.01. The highest BCUT2D eigenvalue weighted by Gasteiger charge is 1.99. The number of halogens is 1. The minimum atomic E-state index is -0.700. The molecule has 0 spiro atoms. The normalized spacial score (nSPS) is 8.93. The van der Waals surface area contributed by atoms with Crippen LogP contribution in [0.4, 0.5) is 4.39 Å². The Balaban J connectivity index is 2.72. The van der Waals surface area contributed by atoms with E-state index in [2.05, 4.69) is 16.6 Å². The van der Waals surface area contributed by atoms with Crippen LogP contribution in [-0.4, -0.2) is 18.2 Å². The lowest BCUT2D eigenvalue weighted by Gasteiger charge is -1.94. The van der Waals surface area contributed by atoms with Crippen molar-refractivity contribution >= 4 is 5.97 Å². The summed E-state index contributed by atoms with van der Waals surface area (Å²) in [6, 6.07) is 3.72. The summed E-state index contributed by atoms with van der Waals surface area (Å²) in [6.45, 7) is 0. The Morgan fingerprint density at radius 3 is 2.93 bits per heavy atom. The summed E-state index contributed by atoms with van der Waals surface area (Å²) in [4.78, 5) is 10.7. The molecule has 0 saturated heterocycles. The first kappa shape index (κ1) is 11.1. The maximum atomic E-state index is 12.6. The second-order valence-electron chi connectivity index (χ2n) is 2.72.